The second kappa shape index (κ2) is 5.80. The van der Waals surface area contributed by atoms with Gasteiger partial charge >= 0.3 is 0 Å². The quantitative estimate of drug-likeness (QED) is 0.719. The first-order chi connectivity index (χ1) is 6.15. The first-order valence-electron chi connectivity index (χ1n) is 4.09. The Morgan fingerprint density at radius 2 is 2.07 bits per heavy atom. The van der Waals surface area contributed by atoms with Crippen LogP contribution in [-0.2, 0) is 0 Å². The molecule has 0 aliphatic rings. The molecule has 80 valence electrons. The van der Waals surface area contributed by atoms with Crippen LogP contribution < -0.4 is 11.5 Å². The predicted molar refractivity (Wildman–Crippen MR) is 55.9 cm³/mol. The zero-order valence-corrected chi connectivity index (χ0v) is 8.43. The van der Waals surface area contributed by atoms with Gasteiger partial charge in [0.2, 0.25) is 0 Å². The summed E-state index contributed by atoms with van der Waals surface area (Å²) in [4.78, 5) is 0. The minimum atomic E-state index is -0.485. The van der Waals surface area contributed by atoms with Crippen LogP contribution in [0.15, 0.2) is 18.2 Å². The molecule has 0 fully saturated rings. The molecule has 0 radical (unpaired) electrons. The highest BCUT2D eigenvalue weighted by molar-refractivity contribution is 5.85. The van der Waals surface area contributed by atoms with E-state index < -0.39 is 11.9 Å². The van der Waals surface area contributed by atoms with Crippen LogP contribution >= 0.6 is 12.4 Å². The molecule has 0 aromatic heterocycles. The van der Waals surface area contributed by atoms with Crippen molar-refractivity contribution in [2.45, 2.75) is 12.5 Å². The van der Waals surface area contributed by atoms with E-state index in [1.54, 1.807) is 0 Å². The van der Waals surface area contributed by atoms with Gasteiger partial charge < -0.3 is 16.6 Å². The third-order valence-electron chi connectivity index (χ3n) is 1.86. The van der Waals surface area contributed by atoms with Crippen molar-refractivity contribution in [1.82, 2.24) is 0 Å². The standard InChI is InChI=1S/C9H13FN2O.ClH/c10-8-5-6(13)1-2-7(8)9(12)3-4-11;/h1-2,5,9,13H,3-4,11-12H2;1H/t9-;/m1./s1. The molecule has 1 aromatic carbocycles. The zero-order chi connectivity index (χ0) is 9.84. The SMILES string of the molecule is Cl.NCC[C@@H](N)c1ccc(O)cc1F. The summed E-state index contributed by atoms with van der Waals surface area (Å²) >= 11 is 0. The van der Waals surface area contributed by atoms with Crippen LogP contribution in [0.4, 0.5) is 4.39 Å². The van der Waals surface area contributed by atoms with Gasteiger partial charge in [0, 0.05) is 17.7 Å². The van der Waals surface area contributed by atoms with Crippen LogP contribution in [0.2, 0.25) is 0 Å². The van der Waals surface area contributed by atoms with Crippen molar-refractivity contribution in [2.24, 2.45) is 11.5 Å². The molecule has 0 heterocycles. The number of nitrogens with two attached hydrogens (primary N) is 2. The molecule has 0 bridgehead atoms. The van der Waals surface area contributed by atoms with Crippen molar-refractivity contribution in [2.75, 3.05) is 6.54 Å². The third kappa shape index (κ3) is 3.14. The van der Waals surface area contributed by atoms with Crippen molar-refractivity contribution < 1.29 is 9.50 Å². The number of phenolic OH excluding ortho intramolecular Hbond substituents is 1. The number of phenols is 1. The molecule has 0 unspecified atom stereocenters. The minimum absolute atomic E-state index is 0. The maximum Gasteiger partial charge on any atom is 0.131 e. The number of rotatable bonds is 3. The van der Waals surface area contributed by atoms with Gasteiger partial charge in [-0.15, -0.1) is 12.4 Å². The van der Waals surface area contributed by atoms with Crippen molar-refractivity contribution in [3.8, 4) is 5.75 Å². The van der Waals surface area contributed by atoms with Crippen LogP contribution in [-0.4, -0.2) is 11.7 Å². The minimum Gasteiger partial charge on any atom is -0.508 e. The lowest BCUT2D eigenvalue weighted by atomic mass is 10.0. The highest BCUT2D eigenvalue weighted by Crippen LogP contribution is 2.21. The molecule has 5 heteroatoms. The zero-order valence-electron chi connectivity index (χ0n) is 7.61. The summed E-state index contributed by atoms with van der Waals surface area (Å²) in [5.74, 6) is -0.581. The van der Waals surface area contributed by atoms with Crippen LogP contribution in [0.25, 0.3) is 0 Å². The van der Waals surface area contributed by atoms with Gasteiger partial charge in [-0.2, -0.15) is 0 Å². The molecule has 14 heavy (non-hydrogen) atoms. The molecule has 0 saturated carbocycles. The molecule has 1 rings (SSSR count). The second-order valence-corrected chi connectivity index (χ2v) is 2.89. The second-order valence-electron chi connectivity index (χ2n) is 2.89. The van der Waals surface area contributed by atoms with Gasteiger partial charge in [-0.3, -0.25) is 0 Å². The average Bonchev–Trinajstić information content (AvgIpc) is 2.04. The van der Waals surface area contributed by atoms with Crippen molar-refractivity contribution in [3.05, 3.63) is 29.6 Å². The number of hydrogen-bond acceptors (Lipinski definition) is 3. The fraction of sp³-hybridized carbons (Fsp3) is 0.333. The highest BCUT2D eigenvalue weighted by Gasteiger charge is 2.10. The van der Waals surface area contributed by atoms with Crippen molar-refractivity contribution >= 4 is 12.4 Å². The molecule has 1 aromatic rings. The molecular weight excluding hydrogens is 207 g/mol. The summed E-state index contributed by atoms with van der Waals surface area (Å²) in [7, 11) is 0. The lowest BCUT2D eigenvalue weighted by Gasteiger charge is -2.11. The van der Waals surface area contributed by atoms with E-state index in [1.807, 2.05) is 0 Å². The molecule has 0 amide bonds. The van der Waals surface area contributed by atoms with E-state index in [9.17, 15) is 4.39 Å². The molecule has 0 aliphatic heterocycles. The summed E-state index contributed by atoms with van der Waals surface area (Å²) in [6.07, 6.45) is 0.529. The van der Waals surface area contributed by atoms with Crippen LogP contribution in [0.5, 0.6) is 5.75 Å². The number of benzene rings is 1. The van der Waals surface area contributed by atoms with E-state index in [2.05, 4.69) is 0 Å². The number of hydrogen-bond donors (Lipinski definition) is 3. The lowest BCUT2D eigenvalue weighted by molar-refractivity contribution is 0.465. The smallest absolute Gasteiger partial charge is 0.131 e. The first-order valence-corrected chi connectivity index (χ1v) is 4.09. The van der Waals surface area contributed by atoms with E-state index >= 15 is 0 Å². The van der Waals surface area contributed by atoms with Gasteiger partial charge in [-0.25, -0.2) is 4.39 Å². The third-order valence-corrected chi connectivity index (χ3v) is 1.86. The van der Waals surface area contributed by atoms with Gasteiger partial charge in [-0.05, 0) is 19.0 Å². The van der Waals surface area contributed by atoms with Crippen LogP contribution in [0.3, 0.4) is 0 Å². The monoisotopic (exact) mass is 220 g/mol. The van der Waals surface area contributed by atoms with Gasteiger partial charge in [-0.1, -0.05) is 6.07 Å². The molecule has 0 saturated heterocycles. The van der Waals surface area contributed by atoms with Gasteiger partial charge in [0.1, 0.15) is 11.6 Å². The molecule has 3 nitrogen and oxygen atoms in total. The van der Waals surface area contributed by atoms with Gasteiger partial charge in [0.05, 0.1) is 0 Å². The maximum atomic E-state index is 13.1. The molecular formula is C9H14ClFN2O. The topological polar surface area (TPSA) is 72.3 Å². The van der Waals surface area contributed by atoms with Crippen molar-refractivity contribution in [3.63, 3.8) is 0 Å². The Labute approximate surface area is 88.3 Å². The molecule has 5 N–H and O–H groups in total. The van der Waals surface area contributed by atoms with E-state index in [-0.39, 0.29) is 18.2 Å². The van der Waals surface area contributed by atoms with E-state index in [1.165, 1.54) is 12.1 Å². The largest absolute Gasteiger partial charge is 0.508 e. The van der Waals surface area contributed by atoms with Gasteiger partial charge in [0.15, 0.2) is 0 Å². The van der Waals surface area contributed by atoms with Crippen LogP contribution in [0, 0.1) is 5.82 Å². The Hall–Kier alpha value is -0.840. The van der Waals surface area contributed by atoms with Crippen molar-refractivity contribution in [1.29, 1.82) is 0 Å². The highest BCUT2D eigenvalue weighted by atomic mass is 35.5. The molecule has 0 spiro atoms. The summed E-state index contributed by atoms with van der Waals surface area (Å²) in [6, 6.07) is 3.54. The van der Waals surface area contributed by atoms with Crippen LogP contribution in [0.1, 0.15) is 18.0 Å². The Morgan fingerprint density at radius 3 is 2.57 bits per heavy atom. The summed E-state index contributed by atoms with van der Waals surface area (Å²) in [5.41, 5.74) is 11.3. The fourth-order valence-corrected chi connectivity index (χ4v) is 1.15. The Bertz CT molecular complexity index is 296. The first kappa shape index (κ1) is 13.2. The molecule has 1 atom stereocenters. The van der Waals surface area contributed by atoms with E-state index in [4.69, 9.17) is 16.6 Å². The van der Waals surface area contributed by atoms with Gasteiger partial charge in [0.25, 0.3) is 0 Å². The maximum absolute atomic E-state index is 13.1. The predicted octanol–water partition coefficient (Wildman–Crippen LogP) is 1.30. The fourth-order valence-electron chi connectivity index (χ4n) is 1.15. The Morgan fingerprint density at radius 1 is 1.43 bits per heavy atom. The summed E-state index contributed by atoms with van der Waals surface area (Å²) in [6.45, 7) is 0.418. The number of halogens is 2. The van der Waals surface area contributed by atoms with E-state index in [0.717, 1.165) is 6.07 Å². The summed E-state index contributed by atoms with van der Waals surface area (Å²) in [5, 5.41) is 8.94. The normalized spacial score (nSPS) is 11.9. The molecule has 0 aliphatic carbocycles. The Balaban J connectivity index is 0.00000169. The summed E-state index contributed by atoms with van der Waals surface area (Å²) < 4.78 is 13.1. The lowest BCUT2D eigenvalue weighted by Crippen LogP contribution is -2.16. The average molecular weight is 221 g/mol. The van der Waals surface area contributed by atoms with E-state index in [0.29, 0.717) is 18.5 Å². The number of aromatic hydroxyl groups is 1. The Kier molecular flexibility index (Phi) is 5.45.